The molecular formula is C13H27N3. The van der Waals surface area contributed by atoms with E-state index in [1.807, 2.05) is 0 Å². The van der Waals surface area contributed by atoms with Crippen LogP contribution in [0, 0.1) is 5.92 Å². The van der Waals surface area contributed by atoms with Gasteiger partial charge in [0.2, 0.25) is 0 Å². The summed E-state index contributed by atoms with van der Waals surface area (Å²) in [6.07, 6.45) is 5.34. The van der Waals surface area contributed by atoms with Crippen LogP contribution in [0.3, 0.4) is 0 Å². The third-order valence-electron chi connectivity index (χ3n) is 4.40. The Morgan fingerprint density at radius 2 is 2.06 bits per heavy atom. The maximum atomic E-state index is 6.05. The van der Waals surface area contributed by atoms with Crippen molar-refractivity contribution in [2.75, 3.05) is 33.7 Å². The predicted molar refractivity (Wildman–Crippen MR) is 68.5 cm³/mol. The van der Waals surface area contributed by atoms with Crippen LogP contribution in [0.25, 0.3) is 0 Å². The molecule has 3 heteroatoms. The van der Waals surface area contributed by atoms with Gasteiger partial charge in [0.05, 0.1) is 0 Å². The largest absolute Gasteiger partial charge is 0.329 e. The van der Waals surface area contributed by atoms with E-state index >= 15 is 0 Å². The van der Waals surface area contributed by atoms with E-state index < -0.39 is 0 Å². The summed E-state index contributed by atoms with van der Waals surface area (Å²) in [5, 5.41) is 0. The highest BCUT2D eigenvalue weighted by atomic mass is 15.3. The van der Waals surface area contributed by atoms with Crippen molar-refractivity contribution in [3.63, 3.8) is 0 Å². The Labute approximate surface area is 100.0 Å². The van der Waals surface area contributed by atoms with Gasteiger partial charge in [-0.3, -0.25) is 4.90 Å². The van der Waals surface area contributed by atoms with Crippen LogP contribution in [0.4, 0.5) is 0 Å². The zero-order chi connectivity index (χ0) is 11.8. The first-order valence-electron chi connectivity index (χ1n) is 6.69. The molecule has 1 saturated carbocycles. The van der Waals surface area contributed by atoms with Crippen molar-refractivity contribution < 1.29 is 0 Å². The fourth-order valence-electron chi connectivity index (χ4n) is 3.83. The highest BCUT2D eigenvalue weighted by Crippen LogP contribution is 2.44. The molecule has 0 radical (unpaired) electrons. The van der Waals surface area contributed by atoms with Crippen molar-refractivity contribution in [3.05, 3.63) is 0 Å². The highest BCUT2D eigenvalue weighted by molar-refractivity contribution is 5.05. The molecule has 0 spiro atoms. The van der Waals surface area contributed by atoms with Crippen molar-refractivity contribution in [1.29, 1.82) is 0 Å². The van der Waals surface area contributed by atoms with Crippen molar-refractivity contribution in [2.45, 2.75) is 44.2 Å². The van der Waals surface area contributed by atoms with E-state index in [0.29, 0.717) is 5.54 Å². The molecule has 0 aromatic rings. The van der Waals surface area contributed by atoms with Crippen LogP contribution in [0.2, 0.25) is 0 Å². The molecule has 1 unspecified atom stereocenters. The van der Waals surface area contributed by atoms with Crippen LogP contribution < -0.4 is 5.73 Å². The van der Waals surface area contributed by atoms with Gasteiger partial charge < -0.3 is 10.6 Å². The number of nitrogens with two attached hydrogens (primary N) is 1. The fourth-order valence-corrected chi connectivity index (χ4v) is 3.83. The lowest BCUT2D eigenvalue weighted by Gasteiger charge is -2.54. The Morgan fingerprint density at radius 3 is 2.56 bits per heavy atom. The molecule has 2 fully saturated rings. The van der Waals surface area contributed by atoms with Gasteiger partial charge in [-0.15, -0.1) is 0 Å². The molecule has 2 N–H and O–H groups in total. The number of likely N-dealkylation sites (tertiary alicyclic amines) is 1. The lowest BCUT2D eigenvalue weighted by Crippen LogP contribution is -2.63. The Balaban J connectivity index is 2.01. The zero-order valence-corrected chi connectivity index (χ0v) is 11.1. The van der Waals surface area contributed by atoms with Gasteiger partial charge in [0.15, 0.2) is 0 Å². The molecule has 16 heavy (non-hydrogen) atoms. The third kappa shape index (κ3) is 2.13. The number of hydrogen-bond donors (Lipinski definition) is 1. The molecule has 1 heterocycles. The molecule has 1 saturated heterocycles. The van der Waals surface area contributed by atoms with Gasteiger partial charge in [0.1, 0.15) is 0 Å². The molecule has 1 atom stereocenters. The second kappa shape index (κ2) is 4.63. The minimum absolute atomic E-state index is 0.358. The Hall–Kier alpha value is -0.120. The zero-order valence-electron chi connectivity index (χ0n) is 11.1. The van der Waals surface area contributed by atoms with Gasteiger partial charge in [-0.05, 0) is 52.2 Å². The summed E-state index contributed by atoms with van der Waals surface area (Å²) in [5.74, 6) is 0.879. The molecule has 94 valence electrons. The summed E-state index contributed by atoms with van der Waals surface area (Å²) < 4.78 is 0. The van der Waals surface area contributed by atoms with E-state index in [0.717, 1.165) is 18.5 Å². The molecule has 0 bridgehead atoms. The van der Waals surface area contributed by atoms with Gasteiger partial charge >= 0.3 is 0 Å². The van der Waals surface area contributed by atoms with E-state index in [1.165, 1.54) is 38.8 Å². The first-order chi connectivity index (χ1) is 7.57. The standard InChI is InChI=1S/C13H27N3/c1-11-7-13(8-11,10-14)16-6-4-5-12(16)9-15(2)3/h11-12H,4-10,14H2,1-3H3. The summed E-state index contributed by atoms with van der Waals surface area (Å²) in [6, 6.07) is 0.742. The van der Waals surface area contributed by atoms with Crippen LogP contribution in [0.15, 0.2) is 0 Å². The highest BCUT2D eigenvalue weighted by Gasteiger charge is 2.48. The summed E-state index contributed by atoms with van der Waals surface area (Å²) in [6.45, 7) is 5.66. The lowest BCUT2D eigenvalue weighted by atomic mass is 9.67. The number of nitrogens with zero attached hydrogens (tertiary/aromatic N) is 2. The molecular weight excluding hydrogens is 198 g/mol. The quantitative estimate of drug-likeness (QED) is 0.779. The number of hydrogen-bond acceptors (Lipinski definition) is 3. The Kier molecular flexibility index (Phi) is 3.57. The van der Waals surface area contributed by atoms with Crippen LogP contribution in [0.5, 0.6) is 0 Å². The normalized spacial score (nSPS) is 40.3. The molecule has 0 aromatic carbocycles. The molecule has 1 aliphatic heterocycles. The van der Waals surface area contributed by atoms with E-state index in [-0.39, 0.29) is 0 Å². The van der Waals surface area contributed by atoms with Gasteiger partial charge in [0, 0.05) is 24.7 Å². The smallest absolute Gasteiger partial charge is 0.0340 e. The summed E-state index contributed by atoms with van der Waals surface area (Å²) in [4.78, 5) is 5.04. The lowest BCUT2D eigenvalue weighted by molar-refractivity contribution is -0.0260. The molecule has 1 aliphatic carbocycles. The van der Waals surface area contributed by atoms with Crippen molar-refractivity contribution in [1.82, 2.24) is 9.80 Å². The van der Waals surface area contributed by atoms with Gasteiger partial charge in [-0.25, -0.2) is 0 Å². The second-order valence-corrected chi connectivity index (χ2v) is 6.19. The molecule has 0 amide bonds. The third-order valence-corrected chi connectivity index (χ3v) is 4.40. The first-order valence-corrected chi connectivity index (χ1v) is 6.69. The van der Waals surface area contributed by atoms with Crippen molar-refractivity contribution >= 4 is 0 Å². The van der Waals surface area contributed by atoms with Crippen LogP contribution in [0.1, 0.15) is 32.6 Å². The Bertz CT molecular complexity index is 233. The Morgan fingerprint density at radius 1 is 1.38 bits per heavy atom. The summed E-state index contributed by atoms with van der Waals surface area (Å²) >= 11 is 0. The summed E-state index contributed by atoms with van der Waals surface area (Å²) in [5.41, 5.74) is 6.41. The molecule has 3 nitrogen and oxygen atoms in total. The number of likely N-dealkylation sites (N-methyl/N-ethyl adjacent to an activating group) is 1. The monoisotopic (exact) mass is 225 g/mol. The minimum atomic E-state index is 0.358. The summed E-state index contributed by atoms with van der Waals surface area (Å²) in [7, 11) is 4.35. The number of rotatable bonds is 4. The van der Waals surface area contributed by atoms with E-state index in [9.17, 15) is 0 Å². The van der Waals surface area contributed by atoms with Crippen LogP contribution in [-0.4, -0.2) is 55.1 Å². The van der Waals surface area contributed by atoms with Crippen LogP contribution in [-0.2, 0) is 0 Å². The van der Waals surface area contributed by atoms with E-state index in [1.54, 1.807) is 0 Å². The maximum absolute atomic E-state index is 6.05. The first kappa shape index (κ1) is 12.3. The van der Waals surface area contributed by atoms with Gasteiger partial charge in [0.25, 0.3) is 0 Å². The average Bonchev–Trinajstić information content (AvgIpc) is 2.60. The minimum Gasteiger partial charge on any atom is -0.329 e. The van der Waals surface area contributed by atoms with Gasteiger partial charge in [-0.2, -0.15) is 0 Å². The maximum Gasteiger partial charge on any atom is 0.0340 e. The van der Waals surface area contributed by atoms with Gasteiger partial charge in [-0.1, -0.05) is 6.92 Å². The van der Waals surface area contributed by atoms with E-state index in [2.05, 4.69) is 30.8 Å². The average molecular weight is 225 g/mol. The molecule has 2 rings (SSSR count). The fraction of sp³-hybridized carbons (Fsp3) is 1.00. The second-order valence-electron chi connectivity index (χ2n) is 6.19. The topological polar surface area (TPSA) is 32.5 Å². The molecule has 2 aliphatic rings. The van der Waals surface area contributed by atoms with Crippen molar-refractivity contribution in [2.24, 2.45) is 11.7 Å². The molecule has 0 aromatic heterocycles. The predicted octanol–water partition coefficient (Wildman–Crippen LogP) is 1.14. The van der Waals surface area contributed by atoms with E-state index in [4.69, 9.17) is 5.73 Å². The van der Waals surface area contributed by atoms with Crippen LogP contribution >= 0.6 is 0 Å². The SMILES string of the molecule is CC1CC(CN)(N2CCCC2CN(C)C)C1. The van der Waals surface area contributed by atoms with Crippen molar-refractivity contribution in [3.8, 4) is 0 Å².